The summed E-state index contributed by atoms with van der Waals surface area (Å²) in [4.78, 5) is 66.4. The zero-order valence-electron chi connectivity index (χ0n) is 26.3. The molecule has 1 aromatic carbocycles. The monoisotopic (exact) mass is 726 g/mol. The van der Waals surface area contributed by atoms with Crippen LogP contribution in [0.15, 0.2) is 41.3 Å². The molecule has 1 saturated carbocycles. The number of fused-ring (bicyclic) bond motifs is 2. The summed E-state index contributed by atoms with van der Waals surface area (Å²) in [6, 6.07) is 5.43. The maximum absolute atomic E-state index is 14.1. The van der Waals surface area contributed by atoms with Gasteiger partial charge in [-0.3, -0.25) is 23.9 Å². The molecule has 2 N–H and O–H groups in total. The minimum absolute atomic E-state index is 0.0278. The zero-order chi connectivity index (χ0) is 34.7. The van der Waals surface area contributed by atoms with Gasteiger partial charge >= 0.3 is 12.1 Å². The summed E-state index contributed by atoms with van der Waals surface area (Å²) < 4.78 is 40.9. The Morgan fingerprint density at radius 3 is 2.40 bits per heavy atom. The Labute approximate surface area is 280 Å². The third kappa shape index (κ3) is 6.16. The van der Waals surface area contributed by atoms with Crippen LogP contribution in [0.2, 0.25) is 0 Å². The molecule has 2 fully saturated rings. The number of aromatic nitrogens is 5. The summed E-state index contributed by atoms with van der Waals surface area (Å²) >= 11 is 3.28. The molecule has 12 nitrogen and oxygen atoms in total. The van der Waals surface area contributed by atoms with Gasteiger partial charge in [-0.15, -0.1) is 0 Å². The number of aryl methyl sites for hydroxylation is 3. The van der Waals surface area contributed by atoms with Crippen molar-refractivity contribution >= 4 is 56.2 Å². The number of benzene rings is 1. The van der Waals surface area contributed by atoms with Crippen LogP contribution >= 0.6 is 15.9 Å². The van der Waals surface area contributed by atoms with Crippen LogP contribution < -0.4 is 10.6 Å². The summed E-state index contributed by atoms with van der Waals surface area (Å²) in [5, 5.41) is 9.71. The van der Waals surface area contributed by atoms with Crippen molar-refractivity contribution in [3.63, 3.8) is 0 Å². The molecule has 2 aliphatic rings. The molecule has 3 aromatic heterocycles. The lowest BCUT2D eigenvalue weighted by Crippen LogP contribution is -2.47. The first-order valence-corrected chi connectivity index (χ1v) is 15.8. The van der Waals surface area contributed by atoms with Gasteiger partial charge in [-0.1, -0.05) is 6.07 Å². The van der Waals surface area contributed by atoms with Crippen LogP contribution in [-0.2, 0) is 20.9 Å². The van der Waals surface area contributed by atoms with Gasteiger partial charge in [0.15, 0.2) is 5.78 Å². The number of amides is 3. The van der Waals surface area contributed by atoms with E-state index in [9.17, 15) is 32.3 Å². The van der Waals surface area contributed by atoms with Crippen molar-refractivity contribution in [2.75, 3.05) is 11.9 Å². The summed E-state index contributed by atoms with van der Waals surface area (Å²) in [6.07, 6.45) is -1.40. The number of pyridine rings is 1. The number of piperidine rings is 1. The number of Topliss-reactive ketones (excluding diaryl/α,β-unsaturated/α-hetero) is 1. The Bertz CT molecular complexity index is 2000. The molecule has 4 aromatic rings. The number of carbonyl (C=O) groups excluding carboxylic acids is 4. The molecule has 3 atom stereocenters. The summed E-state index contributed by atoms with van der Waals surface area (Å²) in [6.45, 7) is 6.00. The van der Waals surface area contributed by atoms with Crippen molar-refractivity contribution in [3.05, 3.63) is 63.9 Å². The van der Waals surface area contributed by atoms with Gasteiger partial charge in [0.05, 0.1) is 5.52 Å². The number of hydrogen-bond donors (Lipinski definition) is 2. The molecule has 4 heterocycles. The SMILES string of the molecule is CC(=O)c1nn(CC(=O)N2[C@H](C(=O)Nc3nc(Br)ccc3C)C[C@@]3(CNC(=O)C(F)(F)F)C[C@@H]23)c2c(C)cc(-c3cnc(C)nc3)cc12. The topological polar surface area (TPSA) is 152 Å². The highest BCUT2D eigenvalue weighted by atomic mass is 79.9. The maximum atomic E-state index is 14.1. The van der Waals surface area contributed by atoms with E-state index in [-0.39, 0.29) is 36.8 Å². The van der Waals surface area contributed by atoms with Crippen LogP contribution in [0.3, 0.4) is 0 Å². The lowest BCUT2D eigenvalue weighted by atomic mass is 9.99. The molecule has 16 heteroatoms. The smallest absolute Gasteiger partial charge is 0.348 e. The molecular weight excluding hydrogens is 697 g/mol. The van der Waals surface area contributed by atoms with E-state index in [0.29, 0.717) is 33.3 Å². The summed E-state index contributed by atoms with van der Waals surface area (Å²) in [7, 11) is 0. The van der Waals surface area contributed by atoms with Crippen molar-refractivity contribution < 1.29 is 32.3 Å². The molecule has 1 aliphatic heterocycles. The molecule has 0 bridgehead atoms. The molecule has 48 heavy (non-hydrogen) atoms. The fourth-order valence-corrected chi connectivity index (χ4v) is 6.79. The molecule has 0 unspecified atom stereocenters. The van der Waals surface area contributed by atoms with E-state index >= 15 is 0 Å². The standard InChI is InChI=1S/C32H30BrF3N8O4/c1-15-5-6-24(33)40-28(15)41-29(47)22-9-31(14-39-30(48)32(34,35)36)10-23(31)44(22)25(46)13-43-27-16(2)7-19(20-11-37-18(4)38-12-20)8-21(27)26(42-43)17(3)45/h5-8,11-12,22-23H,9-10,13-14H2,1-4H3,(H,39,48)(H,40,41,47)/t22-,23+,31-/m0/s1. The minimum Gasteiger partial charge on any atom is -0.348 e. The number of ketones is 1. The van der Waals surface area contributed by atoms with Gasteiger partial charge in [0.2, 0.25) is 11.8 Å². The van der Waals surface area contributed by atoms with E-state index in [1.54, 1.807) is 44.4 Å². The van der Waals surface area contributed by atoms with Crippen LogP contribution in [0.25, 0.3) is 22.0 Å². The van der Waals surface area contributed by atoms with Gasteiger partial charge in [0.1, 0.15) is 34.5 Å². The van der Waals surface area contributed by atoms with E-state index in [4.69, 9.17) is 0 Å². The fraction of sp³-hybridized carbons (Fsp3) is 0.375. The van der Waals surface area contributed by atoms with Crippen LogP contribution in [-0.4, -0.2) is 77.9 Å². The number of hydrogen-bond acceptors (Lipinski definition) is 8. The predicted molar refractivity (Wildman–Crippen MR) is 171 cm³/mol. The Morgan fingerprint density at radius 1 is 1.02 bits per heavy atom. The number of alkyl halides is 3. The lowest BCUT2D eigenvalue weighted by Gasteiger charge is -2.27. The normalized spacial score (nSPS) is 20.0. The van der Waals surface area contributed by atoms with E-state index in [1.807, 2.05) is 18.3 Å². The van der Waals surface area contributed by atoms with Crippen molar-refractivity contribution in [1.29, 1.82) is 0 Å². The highest BCUT2D eigenvalue weighted by molar-refractivity contribution is 9.10. The summed E-state index contributed by atoms with van der Waals surface area (Å²) in [5.74, 6) is -2.63. The Hall–Kier alpha value is -4.73. The quantitative estimate of drug-likeness (QED) is 0.200. The summed E-state index contributed by atoms with van der Waals surface area (Å²) in [5.41, 5.74) is 2.63. The van der Waals surface area contributed by atoms with Gasteiger partial charge in [-0.25, -0.2) is 15.0 Å². The van der Waals surface area contributed by atoms with E-state index in [0.717, 1.165) is 16.7 Å². The second-order valence-electron chi connectivity index (χ2n) is 12.3. The number of rotatable bonds is 8. The minimum atomic E-state index is -5.07. The Morgan fingerprint density at radius 2 is 1.73 bits per heavy atom. The first-order chi connectivity index (χ1) is 22.6. The molecular formula is C32H30BrF3N8O4. The average molecular weight is 728 g/mol. The molecule has 3 amide bonds. The highest BCUT2D eigenvalue weighted by Gasteiger charge is 2.67. The van der Waals surface area contributed by atoms with Gasteiger partial charge < -0.3 is 15.5 Å². The molecule has 1 saturated heterocycles. The molecule has 6 rings (SSSR count). The third-order valence-corrected chi connectivity index (χ3v) is 9.38. The Kier molecular flexibility index (Phi) is 8.34. The highest BCUT2D eigenvalue weighted by Crippen LogP contribution is 2.59. The van der Waals surface area contributed by atoms with Crippen molar-refractivity contribution in [1.82, 2.24) is 34.9 Å². The van der Waals surface area contributed by atoms with E-state index in [2.05, 4.69) is 41.3 Å². The number of nitrogens with one attached hydrogen (secondary N) is 2. The molecule has 1 aliphatic carbocycles. The van der Waals surface area contributed by atoms with Gasteiger partial charge in [0, 0.05) is 48.3 Å². The molecule has 0 spiro atoms. The number of likely N-dealkylation sites (tertiary alicyclic amines) is 1. The van der Waals surface area contributed by atoms with Crippen LogP contribution in [0, 0.1) is 26.2 Å². The third-order valence-electron chi connectivity index (χ3n) is 8.94. The Balaban J connectivity index is 1.33. The second kappa shape index (κ2) is 12.1. The van der Waals surface area contributed by atoms with E-state index in [1.165, 1.54) is 16.5 Å². The lowest BCUT2D eigenvalue weighted by molar-refractivity contribution is -0.173. The first kappa shape index (κ1) is 33.2. The molecule has 250 valence electrons. The number of anilines is 1. The van der Waals surface area contributed by atoms with Gasteiger partial charge in [-0.05, 0) is 84.4 Å². The number of carbonyl (C=O) groups is 4. The first-order valence-electron chi connectivity index (χ1n) is 15.0. The van der Waals surface area contributed by atoms with Crippen LogP contribution in [0.5, 0.6) is 0 Å². The maximum Gasteiger partial charge on any atom is 0.471 e. The predicted octanol–water partition coefficient (Wildman–Crippen LogP) is 4.46. The average Bonchev–Trinajstić information content (AvgIpc) is 3.42. The largest absolute Gasteiger partial charge is 0.471 e. The van der Waals surface area contributed by atoms with Gasteiger partial charge in [-0.2, -0.15) is 18.3 Å². The molecule has 0 radical (unpaired) electrons. The fourth-order valence-electron chi connectivity index (χ4n) is 6.48. The second-order valence-corrected chi connectivity index (χ2v) is 13.2. The van der Waals surface area contributed by atoms with Gasteiger partial charge in [0.25, 0.3) is 0 Å². The van der Waals surface area contributed by atoms with Crippen LogP contribution in [0.1, 0.15) is 47.2 Å². The number of halogens is 4. The van der Waals surface area contributed by atoms with Crippen molar-refractivity contribution in [3.8, 4) is 11.1 Å². The van der Waals surface area contributed by atoms with Crippen molar-refractivity contribution in [2.45, 2.75) is 65.3 Å². The zero-order valence-corrected chi connectivity index (χ0v) is 27.9. The van der Waals surface area contributed by atoms with Crippen molar-refractivity contribution in [2.24, 2.45) is 5.41 Å². The van der Waals surface area contributed by atoms with Crippen LogP contribution in [0.4, 0.5) is 19.0 Å². The van der Waals surface area contributed by atoms with E-state index < -0.39 is 41.4 Å². The number of nitrogens with zero attached hydrogens (tertiary/aromatic N) is 6.